The largest absolute Gasteiger partial charge is 0.508 e. The molecule has 2 rings (SSSR count). The van der Waals surface area contributed by atoms with E-state index in [9.17, 15) is 19.8 Å². The smallest absolute Gasteiger partial charge is 0.306 e. The van der Waals surface area contributed by atoms with E-state index in [4.69, 9.17) is 9.47 Å². The van der Waals surface area contributed by atoms with Gasteiger partial charge in [-0.3, -0.25) is 9.59 Å². The van der Waals surface area contributed by atoms with E-state index >= 15 is 0 Å². The molecule has 6 heteroatoms. The van der Waals surface area contributed by atoms with E-state index in [1.54, 1.807) is 0 Å². The average Bonchev–Trinajstić information content (AvgIpc) is 2.90. The van der Waals surface area contributed by atoms with Crippen LogP contribution in [0.3, 0.4) is 0 Å². The van der Waals surface area contributed by atoms with Gasteiger partial charge in [-0.15, -0.1) is 0 Å². The Morgan fingerprint density at radius 2 is 0.761 bits per heavy atom. The molecule has 0 amide bonds. The molecule has 0 aliphatic heterocycles. The molecule has 0 aromatic heterocycles. The van der Waals surface area contributed by atoms with E-state index in [0.29, 0.717) is 38.9 Å². The van der Waals surface area contributed by atoms with Crippen molar-refractivity contribution in [3.8, 4) is 11.5 Å². The predicted octanol–water partition coefficient (Wildman–Crippen LogP) is 9.50. The van der Waals surface area contributed by atoms with Gasteiger partial charge in [0.25, 0.3) is 0 Å². The van der Waals surface area contributed by atoms with Crippen molar-refractivity contribution in [1.82, 2.24) is 0 Å². The molecule has 2 aromatic rings. The first-order valence-corrected chi connectivity index (χ1v) is 17.1. The summed E-state index contributed by atoms with van der Waals surface area (Å²) in [5.41, 5.74) is 5.86. The molecule has 0 heterocycles. The molecular weight excluding hydrogens is 576 g/mol. The number of carbonyl (C=O) groups excluding carboxylic acids is 2. The fourth-order valence-corrected chi connectivity index (χ4v) is 6.06. The Bertz CT molecular complexity index is 1150. The Morgan fingerprint density at radius 1 is 0.500 bits per heavy atom. The van der Waals surface area contributed by atoms with E-state index in [0.717, 1.165) is 59.1 Å². The third-order valence-electron chi connectivity index (χ3n) is 8.42. The minimum atomic E-state index is -0.209. The summed E-state index contributed by atoms with van der Waals surface area (Å²) in [7, 11) is 0. The molecule has 0 bridgehead atoms. The maximum atomic E-state index is 12.6. The number of unbranched alkanes of at least 4 members (excludes halogenated alkanes) is 3. The van der Waals surface area contributed by atoms with Crippen molar-refractivity contribution >= 4 is 11.9 Å². The van der Waals surface area contributed by atoms with Gasteiger partial charge in [0.2, 0.25) is 0 Å². The van der Waals surface area contributed by atoms with Gasteiger partial charge >= 0.3 is 11.9 Å². The van der Waals surface area contributed by atoms with Crippen molar-refractivity contribution in [1.29, 1.82) is 0 Å². The van der Waals surface area contributed by atoms with Gasteiger partial charge in [0, 0.05) is 12.8 Å². The lowest BCUT2D eigenvalue weighted by Crippen LogP contribution is -2.22. The van der Waals surface area contributed by atoms with Crippen molar-refractivity contribution in [2.24, 2.45) is 0 Å². The SMILES string of the molecule is CC(C)(C)c1cc(O)cc(C(C)(C)C)c1CCC(=O)OCCCCCCOC(=O)CCc1c(C(C)(C)C)cc(O)cc1C(C)(C)C. The van der Waals surface area contributed by atoms with Crippen LogP contribution < -0.4 is 0 Å². The number of ether oxygens (including phenoxy) is 2. The molecule has 0 saturated heterocycles. The van der Waals surface area contributed by atoms with Crippen LogP contribution >= 0.6 is 0 Å². The average molecular weight is 639 g/mol. The molecule has 0 saturated carbocycles. The summed E-state index contributed by atoms with van der Waals surface area (Å²) in [6.07, 6.45) is 5.07. The van der Waals surface area contributed by atoms with Gasteiger partial charge in [0.1, 0.15) is 11.5 Å². The molecule has 0 unspecified atom stereocenters. The topological polar surface area (TPSA) is 93.1 Å². The second kappa shape index (κ2) is 15.7. The molecule has 0 aliphatic rings. The molecule has 0 fully saturated rings. The van der Waals surface area contributed by atoms with Crippen LogP contribution in [0.5, 0.6) is 11.5 Å². The lowest BCUT2D eigenvalue weighted by Gasteiger charge is -2.30. The summed E-state index contributed by atoms with van der Waals surface area (Å²) < 4.78 is 11.1. The van der Waals surface area contributed by atoms with Crippen molar-refractivity contribution in [3.63, 3.8) is 0 Å². The van der Waals surface area contributed by atoms with Gasteiger partial charge in [-0.2, -0.15) is 0 Å². The first-order valence-electron chi connectivity index (χ1n) is 17.1. The molecule has 0 aliphatic carbocycles. The number of carbonyl (C=O) groups is 2. The lowest BCUT2D eigenvalue weighted by atomic mass is 9.75. The minimum absolute atomic E-state index is 0.162. The standard InChI is InChI=1S/C40H62O6/c1-37(2,3)31-23-27(41)24-32(38(4,5)6)29(31)17-19-35(43)45-21-15-13-14-16-22-46-36(44)20-18-30-33(39(7,8)9)25-28(42)26-34(30)40(10,11)12/h23-26,41-42H,13-22H2,1-12H3. The van der Waals surface area contributed by atoms with Crippen LogP contribution in [0.15, 0.2) is 24.3 Å². The van der Waals surface area contributed by atoms with E-state index in [-0.39, 0.29) is 45.1 Å². The Kier molecular flexibility index (Phi) is 13.4. The van der Waals surface area contributed by atoms with Crippen LogP contribution in [0.4, 0.5) is 0 Å². The Morgan fingerprint density at radius 3 is 1.00 bits per heavy atom. The number of benzene rings is 2. The summed E-state index contributed by atoms with van der Waals surface area (Å²) in [4.78, 5) is 25.2. The van der Waals surface area contributed by atoms with Gasteiger partial charge in [0.05, 0.1) is 13.2 Å². The van der Waals surface area contributed by atoms with Crippen LogP contribution in [0.2, 0.25) is 0 Å². The van der Waals surface area contributed by atoms with Gasteiger partial charge in [-0.25, -0.2) is 0 Å². The maximum absolute atomic E-state index is 12.6. The van der Waals surface area contributed by atoms with Crippen molar-refractivity contribution < 1.29 is 29.3 Å². The number of hydrogen-bond donors (Lipinski definition) is 2. The second-order valence-electron chi connectivity index (χ2n) is 16.9. The molecule has 0 radical (unpaired) electrons. The predicted molar refractivity (Wildman–Crippen MR) is 188 cm³/mol. The van der Waals surface area contributed by atoms with Gasteiger partial charge in [-0.05, 0) is 118 Å². The van der Waals surface area contributed by atoms with Gasteiger partial charge in [0.15, 0.2) is 0 Å². The number of phenolic OH excluding ortho intramolecular Hbond substituents is 2. The first kappa shape index (κ1) is 39.2. The number of aromatic hydroxyl groups is 2. The number of rotatable bonds is 13. The Labute approximate surface area is 279 Å². The van der Waals surface area contributed by atoms with E-state index in [2.05, 4.69) is 83.1 Å². The van der Waals surface area contributed by atoms with Crippen LogP contribution in [-0.2, 0) is 53.6 Å². The van der Waals surface area contributed by atoms with Crippen molar-refractivity contribution in [2.75, 3.05) is 13.2 Å². The Hall–Kier alpha value is -3.02. The molecule has 6 nitrogen and oxygen atoms in total. The maximum Gasteiger partial charge on any atom is 0.306 e. The molecule has 46 heavy (non-hydrogen) atoms. The molecule has 0 atom stereocenters. The summed E-state index contributed by atoms with van der Waals surface area (Å²) >= 11 is 0. The van der Waals surface area contributed by atoms with E-state index < -0.39 is 0 Å². The Balaban J connectivity index is 1.77. The third kappa shape index (κ3) is 12.0. The summed E-state index contributed by atoms with van der Waals surface area (Å²) in [6.45, 7) is 26.3. The molecule has 2 aromatic carbocycles. The van der Waals surface area contributed by atoms with Crippen LogP contribution in [0.1, 0.15) is 155 Å². The monoisotopic (exact) mass is 638 g/mol. The van der Waals surface area contributed by atoms with Crippen LogP contribution in [0, 0.1) is 0 Å². The number of esters is 2. The highest BCUT2D eigenvalue weighted by molar-refractivity contribution is 5.70. The van der Waals surface area contributed by atoms with E-state index in [1.165, 1.54) is 0 Å². The normalized spacial score (nSPS) is 12.7. The third-order valence-corrected chi connectivity index (χ3v) is 8.42. The fourth-order valence-electron chi connectivity index (χ4n) is 6.06. The summed E-state index contributed by atoms with van der Waals surface area (Å²) in [5.74, 6) is 0.1000. The summed E-state index contributed by atoms with van der Waals surface area (Å²) in [5, 5.41) is 20.8. The number of hydrogen-bond acceptors (Lipinski definition) is 6. The lowest BCUT2D eigenvalue weighted by molar-refractivity contribution is -0.145. The zero-order valence-electron chi connectivity index (χ0n) is 30.9. The van der Waals surface area contributed by atoms with Crippen LogP contribution in [-0.4, -0.2) is 35.4 Å². The number of phenols is 2. The van der Waals surface area contributed by atoms with Gasteiger partial charge < -0.3 is 19.7 Å². The molecule has 2 N–H and O–H groups in total. The van der Waals surface area contributed by atoms with Crippen LogP contribution in [0.25, 0.3) is 0 Å². The van der Waals surface area contributed by atoms with Gasteiger partial charge in [-0.1, -0.05) is 83.1 Å². The zero-order chi connectivity index (χ0) is 35.1. The van der Waals surface area contributed by atoms with E-state index in [1.807, 2.05) is 24.3 Å². The zero-order valence-corrected chi connectivity index (χ0v) is 30.9. The highest BCUT2D eigenvalue weighted by Gasteiger charge is 2.28. The van der Waals surface area contributed by atoms with Crippen molar-refractivity contribution in [2.45, 2.75) is 156 Å². The molecule has 0 spiro atoms. The highest BCUT2D eigenvalue weighted by atomic mass is 16.5. The minimum Gasteiger partial charge on any atom is -0.508 e. The molecule has 258 valence electrons. The van der Waals surface area contributed by atoms with Crippen molar-refractivity contribution in [3.05, 3.63) is 57.6 Å². The summed E-state index contributed by atoms with van der Waals surface area (Å²) in [6, 6.07) is 7.31. The second-order valence-corrected chi connectivity index (χ2v) is 16.9. The molecular formula is C40H62O6. The first-order chi connectivity index (χ1) is 21.0. The highest BCUT2D eigenvalue weighted by Crippen LogP contribution is 2.39. The fraction of sp³-hybridized carbons (Fsp3) is 0.650. The quantitative estimate of drug-likeness (QED) is 0.168.